The number of para-hydroxylation sites is 1. The smallest absolute Gasteiger partial charge is 0.270 e. The number of rotatable bonds is 2. The number of nitrogens with zero attached hydrogens (tertiary/aromatic N) is 3. The zero-order chi connectivity index (χ0) is 16.0. The third-order valence-corrected chi connectivity index (χ3v) is 4.96. The number of benzene rings is 1. The van der Waals surface area contributed by atoms with Crippen molar-refractivity contribution < 1.29 is 9.59 Å². The lowest BCUT2D eigenvalue weighted by molar-refractivity contribution is -0.120. The van der Waals surface area contributed by atoms with Gasteiger partial charge < -0.3 is 14.4 Å². The van der Waals surface area contributed by atoms with Crippen LogP contribution in [0.25, 0.3) is 0 Å². The van der Waals surface area contributed by atoms with Crippen LogP contribution < -0.4 is 4.90 Å². The van der Waals surface area contributed by atoms with E-state index in [9.17, 15) is 9.59 Å². The van der Waals surface area contributed by atoms with Crippen molar-refractivity contribution >= 4 is 17.5 Å². The van der Waals surface area contributed by atoms with Crippen LogP contribution in [0.2, 0.25) is 0 Å². The fourth-order valence-electron chi connectivity index (χ4n) is 3.71. The molecule has 2 saturated heterocycles. The van der Waals surface area contributed by atoms with E-state index in [-0.39, 0.29) is 23.7 Å². The van der Waals surface area contributed by atoms with E-state index in [2.05, 4.69) is 0 Å². The van der Waals surface area contributed by atoms with E-state index in [4.69, 9.17) is 0 Å². The van der Waals surface area contributed by atoms with Gasteiger partial charge in [-0.15, -0.1) is 0 Å². The minimum Gasteiger partial charge on any atom is -0.347 e. The Morgan fingerprint density at radius 1 is 1.04 bits per heavy atom. The summed E-state index contributed by atoms with van der Waals surface area (Å²) in [5.74, 6) is 0.320. The molecule has 5 nitrogen and oxygen atoms in total. The van der Waals surface area contributed by atoms with Crippen LogP contribution in [0, 0.1) is 11.8 Å². The zero-order valence-corrected chi connectivity index (χ0v) is 13.1. The molecule has 1 aromatic heterocycles. The van der Waals surface area contributed by atoms with Crippen molar-refractivity contribution in [2.45, 2.75) is 0 Å². The highest BCUT2D eigenvalue weighted by molar-refractivity contribution is 5.99. The average molecular weight is 309 g/mol. The number of carbonyl (C=O) groups excluding carboxylic acids is 2. The lowest BCUT2D eigenvalue weighted by Crippen LogP contribution is -2.36. The predicted molar refractivity (Wildman–Crippen MR) is 87.1 cm³/mol. The summed E-state index contributed by atoms with van der Waals surface area (Å²) in [6.45, 7) is 1.88. The first kappa shape index (κ1) is 14.1. The van der Waals surface area contributed by atoms with Crippen LogP contribution in [-0.4, -0.2) is 40.9 Å². The number of fused-ring (bicyclic) bond motifs is 1. The van der Waals surface area contributed by atoms with Gasteiger partial charge in [0.15, 0.2) is 0 Å². The summed E-state index contributed by atoms with van der Waals surface area (Å²) in [5, 5.41) is 0. The monoisotopic (exact) mass is 309 g/mol. The topological polar surface area (TPSA) is 45.6 Å². The molecule has 0 N–H and O–H groups in total. The van der Waals surface area contributed by atoms with Gasteiger partial charge >= 0.3 is 0 Å². The summed E-state index contributed by atoms with van der Waals surface area (Å²) in [5.41, 5.74) is 1.63. The van der Waals surface area contributed by atoms with Gasteiger partial charge in [0.2, 0.25) is 5.91 Å². The molecule has 2 aliphatic heterocycles. The maximum Gasteiger partial charge on any atom is 0.270 e. The number of aryl methyl sites for hydroxylation is 1. The lowest BCUT2D eigenvalue weighted by Gasteiger charge is -2.22. The van der Waals surface area contributed by atoms with Crippen LogP contribution in [-0.2, 0) is 11.8 Å². The fraction of sp³-hybridized carbons (Fsp3) is 0.333. The Morgan fingerprint density at radius 3 is 2.48 bits per heavy atom. The van der Waals surface area contributed by atoms with E-state index in [0.717, 1.165) is 5.69 Å². The Morgan fingerprint density at radius 2 is 1.83 bits per heavy atom. The number of likely N-dealkylation sites (tertiary alicyclic amines) is 1. The molecule has 1 aromatic carbocycles. The van der Waals surface area contributed by atoms with Crippen LogP contribution in [0.5, 0.6) is 0 Å². The first-order valence-corrected chi connectivity index (χ1v) is 7.92. The first-order chi connectivity index (χ1) is 11.1. The Hall–Kier alpha value is -2.56. The molecule has 3 heterocycles. The molecule has 118 valence electrons. The predicted octanol–water partition coefficient (Wildman–Crippen LogP) is 1.76. The van der Waals surface area contributed by atoms with Gasteiger partial charge in [-0.3, -0.25) is 9.59 Å². The van der Waals surface area contributed by atoms with Crippen LogP contribution in [0.4, 0.5) is 5.69 Å². The van der Waals surface area contributed by atoms with Gasteiger partial charge in [0.05, 0.1) is 5.92 Å². The Balaban J connectivity index is 1.50. The quantitative estimate of drug-likeness (QED) is 0.848. The summed E-state index contributed by atoms with van der Waals surface area (Å²) >= 11 is 0. The Bertz CT molecular complexity index is 753. The molecule has 2 fully saturated rings. The summed E-state index contributed by atoms with van der Waals surface area (Å²) < 4.78 is 1.83. The van der Waals surface area contributed by atoms with Crippen LogP contribution in [0.3, 0.4) is 0 Å². The molecule has 23 heavy (non-hydrogen) atoms. The van der Waals surface area contributed by atoms with Gasteiger partial charge in [-0.2, -0.15) is 0 Å². The largest absolute Gasteiger partial charge is 0.347 e. The number of aromatic nitrogens is 1. The minimum atomic E-state index is -0.0700. The van der Waals surface area contributed by atoms with Gasteiger partial charge in [0, 0.05) is 44.5 Å². The number of hydrogen-bond donors (Lipinski definition) is 0. The standard InChI is InChI=1S/C18H19N3O2/c1-19-9-5-8-16(19)18(23)20-10-13-11-21(17(22)15(13)12-20)14-6-3-2-4-7-14/h2-9,13,15H,10-12H2,1H3. The molecule has 2 aliphatic rings. The molecule has 2 amide bonds. The number of amides is 2. The van der Waals surface area contributed by atoms with E-state index in [1.165, 1.54) is 0 Å². The van der Waals surface area contributed by atoms with Crippen molar-refractivity contribution in [3.63, 3.8) is 0 Å². The molecule has 5 heteroatoms. The fourth-order valence-corrected chi connectivity index (χ4v) is 3.71. The summed E-state index contributed by atoms with van der Waals surface area (Å²) in [6, 6.07) is 13.5. The van der Waals surface area contributed by atoms with Gasteiger partial charge in [-0.1, -0.05) is 18.2 Å². The van der Waals surface area contributed by atoms with E-state index in [0.29, 0.717) is 25.3 Å². The zero-order valence-electron chi connectivity index (χ0n) is 13.1. The van der Waals surface area contributed by atoms with Crippen molar-refractivity contribution in [1.82, 2.24) is 9.47 Å². The summed E-state index contributed by atoms with van der Waals surface area (Å²) in [6.07, 6.45) is 1.87. The van der Waals surface area contributed by atoms with Crippen LogP contribution in [0.1, 0.15) is 10.5 Å². The molecule has 2 unspecified atom stereocenters. The van der Waals surface area contributed by atoms with Crippen LogP contribution in [0.15, 0.2) is 48.7 Å². The Labute approximate surface area is 135 Å². The first-order valence-electron chi connectivity index (χ1n) is 7.92. The highest BCUT2D eigenvalue weighted by Crippen LogP contribution is 2.35. The number of carbonyl (C=O) groups is 2. The van der Waals surface area contributed by atoms with E-state index in [1.54, 1.807) is 0 Å². The molecular weight excluding hydrogens is 290 g/mol. The molecule has 4 rings (SSSR count). The van der Waals surface area contributed by atoms with Crippen molar-refractivity contribution in [1.29, 1.82) is 0 Å². The van der Waals surface area contributed by atoms with E-state index in [1.807, 2.05) is 70.1 Å². The maximum atomic E-state index is 12.7. The third kappa shape index (κ3) is 2.23. The van der Waals surface area contributed by atoms with Crippen molar-refractivity contribution in [3.05, 3.63) is 54.4 Å². The van der Waals surface area contributed by atoms with E-state index < -0.39 is 0 Å². The molecule has 0 radical (unpaired) electrons. The summed E-state index contributed by atoms with van der Waals surface area (Å²) in [7, 11) is 1.87. The molecule has 2 aromatic rings. The second-order valence-electron chi connectivity index (χ2n) is 6.37. The number of anilines is 1. The van der Waals surface area contributed by atoms with E-state index >= 15 is 0 Å². The van der Waals surface area contributed by atoms with Crippen LogP contribution >= 0.6 is 0 Å². The molecule has 0 bridgehead atoms. The van der Waals surface area contributed by atoms with Crippen molar-refractivity contribution in [2.75, 3.05) is 24.5 Å². The third-order valence-electron chi connectivity index (χ3n) is 4.96. The lowest BCUT2D eigenvalue weighted by atomic mass is 10.0. The molecule has 0 aliphatic carbocycles. The SMILES string of the molecule is Cn1cccc1C(=O)N1CC2CN(c3ccccc3)C(=O)C2C1. The summed E-state index contributed by atoms with van der Waals surface area (Å²) in [4.78, 5) is 29.0. The van der Waals surface area contributed by atoms with Gasteiger partial charge in [-0.05, 0) is 24.3 Å². The molecule has 0 saturated carbocycles. The Kier molecular flexibility index (Phi) is 3.22. The minimum absolute atomic E-state index is 0.0194. The molecular formula is C18H19N3O2. The van der Waals surface area contributed by atoms with Crippen molar-refractivity contribution in [3.8, 4) is 0 Å². The highest BCUT2D eigenvalue weighted by Gasteiger charge is 2.48. The highest BCUT2D eigenvalue weighted by atomic mass is 16.2. The number of hydrogen-bond acceptors (Lipinski definition) is 2. The normalized spacial score (nSPS) is 23.4. The molecule has 0 spiro atoms. The van der Waals surface area contributed by atoms with Crippen molar-refractivity contribution in [2.24, 2.45) is 18.9 Å². The molecule has 2 atom stereocenters. The maximum absolute atomic E-state index is 12.7. The van der Waals surface area contributed by atoms with Gasteiger partial charge in [0.25, 0.3) is 5.91 Å². The second kappa shape index (κ2) is 5.26. The van der Waals surface area contributed by atoms with Gasteiger partial charge in [0.1, 0.15) is 5.69 Å². The van der Waals surface area contributed by atoms with Gasteiger partial charge in [-0.25, -0.2) is 0 Å². The average Bonchev–Trinajstić information content (AvgIpc) is 3.24. The second-order valence-corrected chi connectivity index (χ2v) is 6.37.